The quantitative estimate of drug-likeness (QED) is 0.392. The lowest BCUT2D eigenvalue weighted by atomic mass is 10.1. The molecule has 104 valence electrons. The molecule has 1 aromatic heterocycles. The van der Waals surface area contributed by atoms with Crippen LogP contribution >= 0.6 is 11.8 Å². The van der Waals surface area contributed by atoms with E-state index in [1.54, 1.807) is 11.8 Å². The normalized spacial score (nSPS) is 10.6. The lowest BCUT2D eigenvalue weighted by Crippen LogP contribution is -2.11. The van der Waals surface area contributed by atoms with Crippen molar-refractivity contribution in [1.82, 2.24) is 9.97 Å². The SMILES string of the molecule is Cc1cc(C)nc(SCc2ccc(C(=N)N)cc2C)n1. The van der Waals surface area contributed by atoms with Crippen LogP contribution in [0.1, 0.15) is 28.1 Å². The fourth-order valence-corrected chi connectivity index (χ4v) is 2.95. The predicted octanol–water partition coefficient (Wildman–Crippen LogP) is 2.98. The zero-order valence-electron chi connectivity index (χ0n) is 11.9. The van der Waals surface area contributed by atoms with Gasteiger partial charge < -0.3 is 5.73 Å². The third-order valence-electron chi connectivity index (χ3n) is 2.97. The number of hydrogen-bond donors (Lipinski definition) is 2. The molecule has 0 aliphatic rings. The zero-order chi connectivity index (χ0) is 14.7. The molecule has 2 aromatic rings. The van der Waals surface area contributed by atoms with Gasteiger partial charge in [0.25, 0.3) is 0 Å². The summed E-state index contributed by atoms with van der Waals surface area (Å²) in [5, 5.41) is 8.24. The number of nitrogens with two attached hydrogens (primary N) is 1. The van der Waals surface area contributed by atoms with E-state index in [1.807, 2.05) is 45.0 Å². The standard InChI is InChI=1S/C15H18N4S/c1-9-6-12(14(16)17)4-5-13(9)8-20-15-18-10(2)7-11(3)19-15/h4-7H,8H2,1-3H3,(H3,16,17). The number of nitrogens with zero attached hydrogens (tertiary/aromatic N) is 2. The van der Waals surface area contributed by atoms with Crippen molar-refractivity contribution in [3.05, 3.63) is 52.3 Å². The first kappa shape index (κ1) is 14.5. The topological polar surface area (TPSA) is 75.7 Å². The van der Waals surface area contributed by atoms with Gasteiger partial charge in [-0.1, -0.05) is 23.9 Å². The van der Waals surface area contributed by atoms with Crippen LogP contribution in [0.4, 0.5) is 0 Å². The number of nitrogen functional groups attached to an aromatic ring is 1. The summed E-state index contributed by atoms with van der Waals surface area (Å²) in [6.45, 7) is 5.99. The second-order valence-corrected chi connectivity index (χ2v) is 5.72. The summed E-state index contributed by atoms with van der Waals surface area (Å²) in [7, 11) is 0. The van der Waals surface area contributed by atoms with E-state index in [2.05, 4.69) is 9.97 Å². The van der Waals surface area contributed by atoms with Crippen LogP contribution < -0.4 is 5.73 Å². The van der Waals surface area contributed by atoms with Gasteiger partial charge in [0.05, 0.1) is 0 Å². The summed E-state index contributed by atoms with van der Waals surface area (Å²) in [6, 6.07) is 7.81. The van der Waals surface area contributed by atoms with Gasteiger partial charge in [0.2, 0.25) is 0 Å². The Hall–Kier alpha value is -1.88. The lowest BCUT2D eigenvalue weighted by Gasteiger charge is -2.08. The molecular formula is C15H18N4S. The summed E-state index contributed by atoms with van der Waals surface area (Å²) in [6.07, 6.45) is 0. The average molecular weight is 286 g/mol. The Labute approximate surface area is 123 Å². The summed E-state index contributed by atoms with van der Waals surface area (Å²) in [4.78, 5) is 8.84. The Kier molecular flexibility index (Phi) is 4.39. The average Bonchev–Trinajstić information content (AvgIpc) is 2.36. The first-order chi connectivity index (χ1) is 9.45. The van der Waals surface area contributed by atoms with E-state index in [9.17, 15) is 0 Å². The zero-order valence-corrected chi connectivity index (χ0v) is 12.7. The Morgan fingerprint density at radius 2 is 1.80 bits per heavy atom. The molecule has 20 heavy (non-hydrogen) atoms. The fraction of sp³-hybridized carbons (Fsp3) is 0.267. The summed E-state index contributed by atoms with van der Waals surface area (Å²) in [5.74, 6) is 0.914. The molecule has 0 aliphatic heterocycles. The molecule has 0 fully saturated rings. The van der Waals surface area contributed by atoms with Crippen molar-refractivity contribution in [3.63, 3.8) is 0 Å². The third kappa shape index (κ3) is 3.57. The maximum atomic E-state index is 7.44. The molecule has 0 saturated heterocycles. The minimum absolute atomic E-state index is 0.102. The van der Waals surface area contributed by atoms with E-state index in [-0.39, 0.29) is 5.84 Å². The Balaban J connectivity index is 2.12. The second kappa shape index (κ2) is 6.05. The molecule has 5 heteroatoms. The summed E-state index contributed by atoms with van der Waals surface area (Å²) >= 11 is 1.62. The maximum absolute atomic E-state index is 7.44. The van der Waals surface area contributed by atoms with Gasteiger partial charge in [-0.2, -0.15) is 0 Å². The molecule has 0 unspecified atom stereocenters. The molecule has 3 N–H and O–H groups in total. The molecule has 0 atom stereocenters. The van der Waals surface area contributed by atoms with E-state index < -0.39 is 0 Å². The van der Waals surface area contributed by atoms with Gasteiger partial charge in [0.1, 0.15) is 5.84 Å². The largest absolute Gasteiger partial charge is 0.384 e. The number of amidine groups is 1. The van der Waals surface area contributed by atoms with Gasteiger partial charge in [-0.15, -0.1) is 0 Å². The van der Waals surface area contributed by atoms with Crippen LogP contribution in [-0.4, -0.2) is 15.8 Å². The molecule has 1 heterocycles. The van der Waals surface area contributed by atoms with E-state index in [1.165, 1.54) is 5.56 Å². The molecule has 0 amide bonds. The summed E-state index contributed by atoms with van der Waals surface area (Å²) in [5.41, 5.74) is 10.6. The van der Waals surface area contributed by atoms with Crippen LogP contribution in [0, 0.1) is 26.2 Å². The highest BCUT2D eigenvalue weighted by Crippen LogP contribution is 2.22. The number of benzene rings is 1. The molecule has 0 bridgehead atoms. The highest BCUT2D eigenvalue weighted by Gasteiger charge is 2.05. The smallest absolute Gasteiger partial charge is 0.188 e. The van der Waals surface area contributed by atoms with E-state index in [4.69, 9.17) is 11.1 Å². The molecule has 0 spiro atoms. The summed E-state index contributed by atoms with van der Waals surface area (Å²) < 4.78 is 0. The highest BCUT2D eigenvalue weighted by atomic mass is 32.2. The molecule has 0 saturated carbocycles. The van der Waals surface area contributed by atoms with Gasteiger partial charge in [-0.25, -0.2) is 9.97 Å². The Bertz CT molecular complexity index is 632. The van der Waals surface area contributed by atoms with Crippen LogP contribution in [0.2, 0.25) is 0 Å². The number of aromatic nitrogens is 2. The predicted molar refractivity (Wildman–Crippen MR) is 83.3 cm³/mol. The molecule has 0 radical (unpaired) electrons. The van der Waals surface area contributed by atoms with Crippen LogP contribution in [0.5, 0.6) is 0 Å². The number of thioether (sulfide) groups is 1. The van der Waals surface area contributed by atoms with E-state index in [0.29, 0.717) is 0 Å². The third-order valence-corrected chi connectivity index (χ3v) is 3.87. The molecular weight excluding hydrogens is 268 g/mol. The Morgan fingerprint density at radius 1 is 1.15 bits per heavy atom. The minimum Gasteiger partial charge on any atom is -0.384 e. The van der Waals surface area contributed by atoms with E-state index in [0.717, 1.165) is 33.4 Å². The van der Waals surface area contributed by atoms with Crippen molar-refractivity contribution in [2.75, 3.05) is 0 Å². The van der Waals surface area contributed by atoms with Gasteiger partial charge >= 0.3 is 0 Å². The number of aryl methyl sites for hydroxylation is 3. The van der Waals surface area contributed by atoms with Crippen molar-refractivity contribution in [2.45, 2.75) is 31.7 Å². The van der Waals surface area contributed by atoms with E-state index >= 15 is 0 Å². The van der Waals surface area contributed by atoms with Crippen LogP contribution in [-0.2, 0) is 5.75 Å². The van der Waals surface area contributed by atoms with Crippen molar-refractivity contribution >= 4 is 17.6 Å². The van der Waals surface area contributed by atoms with Crippen molar-refractivity contribution < 1.29 is 0 Å². The van der Waals surface area contributed by atoms with Crippen LogP contribution in [0.25, 0.3) is 0 Å². The van der Waals surface area contributed by atoms with Crippen molar-refractivity contribution in [1.29, 1.82) is 5.41 Å². The first-order valence-electron chi connectivity index (χ1n) is 6.34. The highest BCUT2D eigenvalue weighted by molar-refractivity contribution is 7.98. The number of hydrogen-bond acceptors (Lipinski definition) is 4. The fourth-order valence-electron chi connectivity index (χ4n) is 1.93. The molecule has 1 aromatic carbocycles. The molecule has 2 rings (SSSR count). The van der Waals surface area contributed by atoms with Crippen molar-refractivity contribution in [2.24, 2.45) is 5.73 Å². The maximum Gasteiger partial charge on any atom is 0.188 e. The molecule has 0 aliphatic carbocycles. The van der Waals surface area contributed by atoms with Gasteiger partial charge in [-0.05, 0) is 44.0 Å². The Morgan fingerprint density at radius 3 is 2.35 bits per heavy atom. The number of rotatable bonds is 4. The molecule has 4 nitrogen and oxygen atoms in total. The lowest BCUT2D eigenvalue weighted by molar-refractivity contribution is 0.901. The van der Waals surface area contributed by atoms with Crippen molar-refractivity contribution in [3.8, 4) is 0 Å². The van der Waals surface area contributed by atoms with Gasteiger partial charge in [0.15, 0.2) is 5.16 Å². The van der Waals surface area contributed by atoms with Gasteiger partial charge in [-0.3, -0.25) is 5.41 Å². The van der Waals surface area contributed by atoms with Crippen LogP contribution in [0.3, 0.4) is 0 Å². The first-order valence-corrected chi connectivity index (χ1v) is 7.33. The number of nitrogens with one attached hydrogen (secondary N) is 1. The van der Waals surface area contributed by atoms with Gasteiger partial charge in [0, 0.05) is 22.7 Å². The van der Waals surface area contributed by atoms with Crippen LogP contribution in [0.15, 0.2) is 29.4 Å². The monoisotopic (exact) mass is 286 g/mol. The second-order valence-electron chi connectivity index (χ2n) is 4.78. The minimum atomic E-state index is 0.102.